The average Bonchev–Trinajstić information content (AvgIpc) is 3.45. The fraction of sp³-hybridized carbons (Fsp3) is 0.890. The smallest absolute Gasteiger partial charge is 0.305 e. The summed E-state index contributed by atoms with van der Waals surface area (Å²) in [5.41, 5.74) is 0. The van der Waals surface area contributed by atoms with E-state index in [1.54, 1.807) is 6.08 Å². The maximum Gasteiger partial charge on any atom is 0.305 e. The van der Waals surface area contributed by atoms with Gasteiger partial charge in [-0.05, 0) is 64.2 Å². The number of nitrogens with one attached hydrogen (secondary N) is 1. The summed E-state index contributed by atoms with van der Waals surface area (Å²) < 4.78 is 5.50. The molecule has 2 unspecified atom stereocenters. The van der Waals surface area contributed by atoms with E-state index in [0.29, 0.717) is 19.4 Å². The molecule has 2 atom stereocenters. The van der Waals surface area contributed by atoms with Crippen LogP contribution in [0.5, 0.6) is 0 Å². The van der Waals surface area contributed by atoms with Gasteiger partial charge < -0.3 is 20.3 Å². The van der Waals surface area contributed by atoms with E-state index in [1.165, 1.54) is 321 Å². The van der Waals surface area contributed by atoms with Crippen LogP contribution < -0.4 is 5.32 Å². The van der Waals surface area contributed by atoms with Crippen LogP contribution in [0.1, 0.15) is 393 Å². The van der Waals surface area contributed by atoms with Gasteiger partial charge in [-0.2, -0.15) is 0 Å². The first kappa shape index (κ1) is 77.1. The Kier molecular flexibility index (Phi) is 66.9. The van der Waals surface area contributed by atoms with E-state index in [1.807, 2.05) is 6.08 Å². The van der Waals surface area contributed by atoms with Gasteiger partial charge in [0, 0.05) is 12.8 Å². The summed E-state index contributed by atoms with van der Waals surface area (Å²) in [5.74, 6) is -0.0484. The monoisotopic (exact) mass is 1110 g/mol. The van der Waals surface area contributed by atoms with Crippen LogP contribution in [0.15, 0.2) is 36.5 Å². The van der Waals surface area contributed by atoms with E-state index < -0.39 is 12.1 Å². The van der Waals surface area contributed by atoms with E-state index in [-0.39, 0.29) is 18.5 Å². The Labute approximate surface area is 494 Å². The molecule has 0 fully saturated rings. The molecular formula is C73H139NO5. The van der Waals surface area contributed by atoms with E-state index in [9.17, 15) is 19.8 Å². The molecule has 0 rings (SSSR count). The number of aliphatic hydroxyl groups is 2. The number of rotatable bonds is 67. The van der Waals surface area contributed by atoms with Crippen LogP contribution in [-0.2, 0) is 14.3 Å². The summed E-state index contributed by atoms with van der Waals surface area (Å²) in [4.78, 5) is 24.6. The van der Waals surface area contributed by atoms with Crippen LogP contribution >= 0.6 is 0 Å². The summed E-state index contributed by atoms with van der Waals surface area (Å²) in [6, 6.07) is -0.627. The first-order valence-electron chi connectivity index (χ1n) is 35.8. The normalized spacial score (nSPS) is 12.7. The van der Waals surface area contributed by atoms with Gasteiger partial charge in [0.1, 0.15) is 0 Å². The second-order valence-corrected chi connectivity index (χ2v) is 24.6. The topological polar surface area (TPSA) is 95.9 Å². The molecule has 6 heteroatoms. The highest BCUT2D eigenvalue weighted by Crippen LogP contribution is 2.18. The zero-order valence-corrected chi connectivity index (χ0v) is 53.4. The maximum absolute atomic E-state index is 12.5. The lowest BCUT2D eigenvalue weighted by Crippen LogP contribution is -2.45. The van der Waals surface area contributed by atoms with Crippen molar-refractivity contribution < 1.29 is 24.5 Å². The fourth-order valence-electron chi connectivity index (χ4n) is 11.2. The van der Waals surface area contributed by atoms with Crippen molar-refractivity contribution in [3.05, 3.63) is 36.5 Å². The van der Waals surface area contributed by atoms with Gasteiger partial charge in [-0.1, -0.05) is 352 Å². The summed E-state index contributed by atoms with van der Waals surface area (Å²) in [5, 5.41) is 23.1. The van der Waals surface area contributed by atoms with Crippen molar-refractivity contribution in [3.63, 3.8) is 0 Å². The van der Waals surface area contributed by atoms with Crippen LogP contribution in [0.25, 0.3) is 0 Å². The zero-order valence-electron chi connectivity index (χ0n) is 53.4. The number of carbonyl (C=O) groups excluding carboxylic acids is 2. The SMILES string of the molecule is CCCCCCCCCCCCCC/C=C/C(O)C(CO)NC(=O)CCCCCCCCCCCCCCCCC/C=C\C/C=C\CCCCCCCCCCCOC(=O)CCCCCCCCCCCCCCCCCCC. The molecule has 0 bridgehead atoms. The van der Waals surface area contributed by atoms with Gasteiger partial charge in [0.05, 0.1) is 25.4 Å². The van der Waals surface area contributed by atoms with Crippen molar-refractivity contribution in [2.24, 2.45) is 0 Å². The molecule has 0 aliphatic heterocycles. The summed E-state index contributed by atoms with van der Waals surface area (Å²) in [7, 11) is 0. The number of carbonyl (C=O) groups is 2. The standard InChI is InChI=1S/C73H139NO5/c1-3-5-7-9-11-13-15-17-19-35-39-43-47-51-55-59-63-67-73(78)79-68-64-60-56-52-48-44-40-37-34-32-30-28-26-24-22-20-21-23-25-27-29-31-33-36-38-42-46-50-54-58-62-66-72(77)74-70(69-75)71(76)65-61-57-53-49-45-41-18-16-14-12-10-8-6-4-2/h22,24,28,30,61,65,70-71,75-76H,3-21,23,25-27,29,31-60,62-64,66-69H2,1-2H3,(H,74,77)/b24-22-,30-28-,65-61+. The minimum Gasteiger partial charge on any atom is -0.466 e. The Balaban J connectivity index is 3.38. The van der Waals surface area contributed by atoms with Gasteiger partial charge in [0.2, 0.25) is 5.91 Å². The van der Waals surface area contributed by atoms with Gasteiger partial charge in [0.15, 0.2) is 0 Å². The van der Waals surface area contributed by atoms with Gasteiger partial charge >= 0.3 is 5.97 Å². The Hall–Kier alpha value is -1.92. The fourth-order valence-corrected chi connectivity index (χ4v) is 11.2. The Morgan fingerprint density at radius 3 is 0.962 bits per heavy atom. The Bertz CT molecular complexity index is 1280. The number of unbranched alkanes of at least 4 members (excludes halogenated alkanes) is 52. The number of allylic oxidation sites excluding steroid dienone is 5. The van der Waals surface area contributed by atoms with Gasteiger partial charge in [-0.3, -0.25) is 9.59 Å². The van der Waals surface area contributed by atoms with Gasteiger partial charge in [-0.15, -0.1) is 0 Å². The number of hydrogen-bond donors (Lipinski definition) is 3. The quantitative estimate of drug-likeness (QED) is 0.0320. The van der Waals surface area contributed by atoms with Crippen LogP contribution in [-0.4, -0.2) is 47.4 Å². The molecule has 0 spiro atoms. The van der Waals surface area contributed by atoms with Crippen molar-refractivity contribution in [1.82, 2.24) is 5.32 Å². The molecule has 1 amide bonds. The lowest BCUT2D eigenvalue weighted by molar-refractivity contribution is -0.143. The number of hydrogen-bond acceptors (Lipinski definition) is 5. The van der Waals surface area contributed by atoms with E-state index in [4.69, 9.17) is 4.74 Å². The summed E-state index contributed by atoms with van der Waals surface area (Å²) >= 11 is 0. The first-order chi connectivity index (χ1) is 39.0. The number of amides is 1. The number of aliphatic hydroxyl groups excluding tert-OH is 2. The minimum absolute atomic E-state index is 0.0173. The van der Waals surface area contributed by atoms with E-state index in [0.717, 1.165) is 44.9 Å². The van der Waals surface area contributed by atoms with E-state index in [2.05, 4.69) is 43.5 Å². The molecular weight excluding hydrogens is 971 g/mol. The summed E-state index contributed by atoms with van der Waals surface area (Å²) in [6.45, 7) is 4.93. The first-order valence-corrected chi connectivity index (χ1v) is 35.8. The summed E-state index contributed by atoms with van der Waals surface area (Å²) in [6.07, 6.45) is 88.0. The molecule has 6 nitrogen and oxygen atoms in total. The van der Waals surface area contributed by atoms with Crippen molar-refractivity contribution in [2.45, 2.75) is 405 Å². The number of ether oxygens (including phenoxy) is 1. The average molecular weight is 1110 g/mol. The van der Waals surface area contributed by atoms with Crippen molar-refractivity contribution in [3.8, 4) is 0 Å². The van der Waals surface area contributed by atoms with E-state index >= 15 is 0 Å². The highest BCUT2D eigenvalue weighted by molar-refractivity contribution is 5.76. The molecule has 0 saturated carbocycles. The van der Waals surface area contributed by atoms with Crippen LogP contribution in [0, 0.1) is 0 Å². The molecule has 0 aromatic carbocycles. The number of esters is 1. The largest absolute Gasteiger partial charge is 0.466 e. The molecule has 466 valence electrons. The molecule has 0 aromatic heterocycles. The zero-order chi connectivity index (χ0) is 57.1. The molecule has 0 heterocycles. The predicted molar refractivity (Wildman–Crippen MR) is 347 cm³/mol. The minimum atomic E-state index is -0.844. The molecule has 0 aliphatic rings. The molecule has 0 saturated heterocycles. The molecule has 79 heavy (non-hydrogen) atoms. The molecule has 3 N–H and O–H groups in total. The van der Waals surface area contributed by atoms with Crippen molar-refractivity contribution >= 4 is 11.9 Å². The maximum atomic E-state index is 12.5. The second-order valence-electron chi connectivity index (χ2n) is 24.6. The van der Waals surface area contributed by atoms with Crippen LogP contribution in [0.4, 0.5) is 0 Å². The Morgan fingerprint density at radius 2 is 0.633 bits per heavy atom. The highest BCUT2D eigenvalue weighted by Gasteiger charge is 2.18. The van der Waals surface area contributed by atoms with Crippen molar-refractivity contribution in [2.75, 3.05) is 13.2 Å². The molecule has 0 aliphatic carbocycles. The van der Waals surface area contributed by atoms with Crippen LogP contribution in [0.2, 0.25) is 0 Å². The second kappa shape index (κ2) is 68.6. The van der Waals surface area contributed by atoms with Gasteiger partial charge in [0.25, 0.3) is 0 Å². The molecule has 0 aromatic rings. The van der Waals surface area contributed by atoms with Crippen LogP contribution in [0.3, 0.4) is 0 Å². The third-order valence-electron chi connectivity index (χ3n) is 16.7. The molecule has 0 radical (unpaired) electrons. The highest BCUT2D eigenvalue weighted by atomic mass is 16.5. The Morgan fingerprint density at radius 1 is 0.354 bits per heavy atom. The lowest BCUT2D eigenvalue weighted by atomic mass is 10.0. The third kappa shape index (κ3) is 65.1. The lowest BCUT2D eigenvalue weighted by Gasteiger charge is -2.20. The van der Waals surface area contributed by atoms with Crippen molar-refractivity contribution in [1.29, 1.82) is 0 Å². The third-order valence-corrected chi connectivity index (χ3v) is 16.7. The predicted octanol–water partition coefficient (Wildman–Crippen LogP) is 23.1. The van der Waals surface area contributed by atoms with Gasteiger partial charge in [-0.25, -0.2) is 0 Å².